The van der Waals surface area contributed by atoms with Crippen LogP contribution in [0.25, 0.3) is 0 Å². The van der Waals surface area contributed by atoms with E-state index in [-0.39, 0.29) is 35.7 Å². The van der Waals surface area contributed by atoms with Gasteiger partial charge in [-0.15, -0.1) is 0 Å². The predicted molar refractivity (Wildman–Crippen MR) is 117 cm³/mol. The standard InChI is InChI=1S/C20H28N2O5.C2H7N/c1-7-21-18(24)16-13(5)11(3)12(4)14(6)17(16)19(25)22-15(20(26)27)9-8-10(2)23;1-2-3/h15H,7-9H2,1-6H3,(H,21,24)(H,22,25)(H,26,27);2-3H2,1H3. The van der Waals surface area contributed by atoms with Gasteiger partial charge in [0.25, 0.3) is 11.8 Å². The number of aliphatic carboxylic acids is 1. The topological polar surface area (TPSA) is 139 Å². The molecule has 1 aromatic carbocycles. The van der Waals surface area contributed by atoms with Crippen molar-refractivity contribution in [3.05, 3.63) is 33.4 Å². The highest BCUT2D eigenvalue weighted by Crippen LogP contribution is 2.27. The summed E-state index contributed by atoms with van der Waals surface area (Å²) in [6.45, 7) is 13.5. The summed E-state index contributed by atoms with van der Waals surface area (Å²) in [4.78, 5) is 48.2. The first-order valence-corrected chi connectivity index (χ1v) is 10.1. The molecule has 0 aliphatic heterocycles. The van der Waals surface area contributed by atoms with Gasteiger partial charge in [0.05, 0.1) is 11.1 Å². The summed E-state index contributed by atoms with van der Waals surface area (Å²) >= 11 is 0. The van der Waals surface area contributed by atoms with Crippen molar-refractivity contribution in [1.82, 2.24) is 10.6 Å². The van der Waals surface area contributed by atoms with Crippen LogP contribution in [0.4, 0.5) is 0 Å². The lowest BCUT2D eigenvalue weighted by Gasteiger charge is -2.21. The number of carbonyl (C=O) groups is 4. The molecule has 1 unspecified atom stereocenters. The summed E-state index contributed by atoms with van der Waals surface area (Å²) in [5.74, 6) is -2.38. The van der Waals surface area contributed by atoms with E-state index in [4.69, 9.17) is 5.73 Å². The van der Waals surface area contributed by atoms with Gasteiger partial charge in [0.2, 0.25) is 0 Å². The average molecular weight is 422 g/mol. The molecule has 0 spiro atoms. The number of nitrogens with two attached hydrogens (primary N) is 1. The Bertz CT molecular complexity index is 803. The van der Waals surface area contributed by atoms with Crippen LogP contribution in [0, 0.1) is 27.7 Å². The molecule has 0 bridgehead atoms. The molecule has 1 atom stereocenters. The van der Waals surface area contributed by atoms with Crippen molar-refractivity contribution in [2.75, 3.05) is 13.1 Å². The molecular weight excluding hydrogens is 386 g/mol. The van der Waals surface area contributed by atoms with E-state index < -0.39 is 17.9 Å². The summed E-state index contributed by atoms with van der Waals surface area (Å²) in [5.41, 5.74) is 8.39. The fraction of sp³-hybridized carbons (Fsp3) is 0.545. The highest BCUT2D eigenvalue weighted by atomic mass is 16.4. The average Bonchev–Trinajstić information content (AvgIpc) is 2.66. The van der Waals surface area contributed by atoms with Crippen LogP contribution < -0.4 is 16.4 Å². The van der Waals surface area contributed by atoms with Gasteiger partial charge in [0.1, 0.15) is 11.8 Å². The molecule has 0 heterocycles. The van der Waals surface area contributed by atoms with Crippen molar-refractivity contribution in [1.29, 1.82) is 0 Å². The maximum atomic E-state index is 12.9. The van der Waals surface area contributed by atoms with Crippen molar-refractivity contribution < 1.29 is 24.3 Å². The minimum atomic E-state index is -1.22. The Hall–Kier alpha value is -2.74. The van der Waals surface area contributed by atoms with Gasteiger partial charge in [0, 0.05) is 13.0 Å². The van der Waals surface area contributed by atoms with Crippen LogP contribution in [0.3, 0.4) is 0 Å². The molecule has 0 aliphatic rings. The lowest BCUT2D eigenvalue weighted by molar-refractivity contribution is -0.139. The molecule has 0 aliphatic carbocycles. The highest BCUT2D eigenvalue weighted by molar-refractivity contribution is 6.10. The van der Waals surface area contributed by atoms with E-state index in [2.05, 4.69) is 10.6 Å². The van der Waals surface area contributed by atoms with E-state index in [0.717, 1.165) is 17.7 Å². The SMILES string of the molecule is CCN.CCNC(=O)c1c(C)c(C)c(C)c(C)c1C(=O)NC(CCC(C)=O)C(=O)O. The van der Waals surface area contributed by atoms with E-state index in [1.54, 1.807) is 20.8 Å². The van der Waals surface area contributed by atoms with Gasteiger partial charge >= 0.3 is 5.97 Å². The third-order valence-corrected chi connectivity index (χ3v) is 4.87. The molecule has 1 rings (SSSR count). The number of ketones is 1. The number of carboxylic acid groups (broad SMARTS) is 1. The number of hydrogen-bond acceptors (Lipinski definition) is 5. The first-order chi connectivity index (χ1) is 13.9. The third kappa shape index (κ3) is 7.26. The van der Waals surface area contributed by atoms with Crippen molar-refractivity contribution in [2.24, 2.45) is 5.73 Å². The predicted octanol–water partition coefficient (Wildman–Crippen LogP) is 2.19. The summed E-state index contributed by atoms with van der Waals surface area (Å²) in [6, 6.07) is -1.20. The monoisotopic (exact) mass is 421 g/mol. The highest BCUT2D eigenvalue weighted by Gasteiger charge is 2.28. The van der Waals surface area contributed by atoms with E-state index in [1.165, 1.54) is 6.92 Å². The molecule has 0 saturated heterocycles. The minimum Gasteiger partial charge on any atom is -0.480 e. The zero-order valence-electron chi connectivity index (χ0n) is 19.1. The maximum absolute atomic E-state index is 12.9. The lowest BCUT2D eigenvalue weighted by atomic mass is 9.87. The molecular formula is C22H35N3O5. The molecule has 30 heavy (non-hydrogen) atoms. The number of Topliss-reactive ketones (excluding diaryl/α,β-unsaturated/α-hetero) is 1. The van der Waals surface area contributed by atoms with E-state index in [0.29, 0.717) is 17.7 Å². The second kappa shape index (κ2) is 12.7. The molecule has 5 N–H and O–H groups in total. The van der Waals surface area contributed by atoms with Gasteiger partial charge in [-0.25, -0.2) is 4.79 Å². The molecule has 0 radical (unpaired) electrons. The first-order valence-electron chi connectivity index (χ1n) is 10.1. The molecule has 168 valence electrons. The molecule has 8 nitrogen and oxygen atoms in total. The molecule has 1 aromatic rings. The van der Waals surface area contributed by atoms with E-state index >= 15 is 0 Å². The van der Waals surface area contributed by atoms with Gasteiger partial charge in [-0.3, -0.25) is 9.59 Å². The van der Waals surface area contributed by atoms with Crippen LogP contribution in [0.2, 0.25) is 0 Å². The Balaban J connectivity index is 0.00000263. The van der Waals surface area contributed by atoms with E-state index in [1.807, 2.05) is 20.8 Å². The molecule has 0 aromatic heterocycles. The fourth-order valence-corrected chi connectivity index (χ4v) is 2.96. The van der Waals surface area contributed by atoms with Crippen molar-refractivity contribution in [3.8, 4) is 0 Å². The second-order valence-corrected chi connectivity index (χ2v) is 7.12. The van der Waals surface area contributed by atoms with Gasteiger partial charge in [-0.05, 0) is 76.8 Å². The molecule has 0 saturated carbocycles. The second-order valence-electron chi connectivity index (χ2n) is 7.12. The summed E-state index contributed by atoms with van der Waals surface area (Å²) in [6.07, 6.45) is 0.0428. The first kappa shape index (κ1) is 27.3. The number of carbonyl (C=O) groups excluding carboxylic acids is 3. The van der Waals surface area contributed by atoms with Crippen LogP contribution in [0.1, 0.15) is 76.6 Å². The van der Waals surface area contributed by atoms with E-state index in [9.17, 15) is 24.3 Å². The van der Waals surface area contributed by atoms with Crippen molar-refractivity contribution in [2.45, 2.75) is 67.3 Å². The largest absolute Gasteiger partial charge is 0.480 e. The summed E-state index contributed by atoms with van der Waals surface area (Å²) in [7, 11) is 0. The van der Waals surface area contributed by atoms with Crippen LogP contribution in [-0.2, 0) is 9.59 Å². The van der Waals surface area contributed by atoms with Crippen LogP contribution in [0.15, 0.2) is 0 Å². The number of carboxylic acids is 1. The van der Waals surface area contributed by atoms with Crippen LogP contribution in [0.5, 0.6) is 0 Å². The van der Waals surface area contributed by atoms with Crippen molar-refractivity contribution in [3.63, 3.8) is 0 Å². The number of hydrogen-bond donors (Lipinski definition) is 4. The smallest absolute Gasteiger partial charge is 0.326 e. The van der Waals surface area contributed by atoms with Crippen molar-refractivity contribution >= 4 is 23.6 Å². The Labute approximate surface area is 178 Å². The quantitative estimate of drug-likeness (QED) is 0.507. The molecule has 2 amide bonds. The minimum absolute atomic E-state index is 0.00420. The Morgan fingerprint density at radius 2 is 1.33 bits per heavy atom. The lowest BCUT2D eigenvalue weighted by Crippen LogP contribution is -2.42. The molecule has 0 fully saturated rings. The Kier molecular flexibility index (Phi) is 11.6. The number of rotatable bonds is 8. The Morgan fingerprint density at radius 1 is 0.900 bits per heavy atom. The summed E-state index contributed by atoms with van der Waals surface area (Å²) in [5, 5.41) is 14.5. The van der Waals surface area contributed by atoms with Gasteiger partial charge in [0.15, 0.2) is 0 Å². The van der Waals surface area contributed by atoms with Crippen LogP contribution in [-0.4, -0.2) is 47.8 Å². The van der Waals surface area contributed by atoms with Gasteiger partial charge in [-0.1, -0.05) is 6.92 Å². The maximum Gasteiger partial charge on any atom is 0.326 e. The normalized spacial score (nSPS) is 11.1. The third-order valence-electron chi connectivity index (χ3n) is 4.87. The fourth-order valence-electron chi connectivity index (χ4n) is 2.96. The number of benzene rings is 1. The number of amides is 2. The summed E-state index contributed by atoms with van der Waals surface area (Å²) < 4.78 is 0. The van der Waals surface area contributed by atoms with Gasteiger partial charge in [-0.2, -0.15) is 0 Å². The number of nitrogens with one attached hydrogen (secondary N) is 2. The molecule has 8 heteroatoms. The van der Waals surface area contributed by atoms with Crippen LogP contribution >= 0.6 is 0 Å². The zero-order chi connectivity index (χ0) is 23.6. The van der Waals surface area contributed by atoms with Gasteiger partial charge < -0.3 is 26.3 Å². The zero-order valence-corrected chi connectivity index (χ0v) is 19.1. The Morgan fingerprint density at radius 3 is 1.70 bits per heavy atom.